The molecule has 1 unspecified atom stereocenters. The lowest BCUT2D eigenvalue weighted by molar-refractivity contribution is 0.421. The van der Waals surface area contributed by atoms with E-state index in [1.807, 2.05) is 13.8 Å². The van der Waals surface area contributed by atoms with Gasteiger partial charge in [-0.25, -0.2) is 4.39 Å². The maximum absolute atomic E-state index is 14.0. The van der Waals surface area contributed by atoms with E-state index in [4.69, 9.17) is 21.9 Å². The summed E-state index contributed by atoms with van der Waals surface area (Å²) >= 11 is 5.78. The molecule has 5 heteroatoms. The zero-order chi connectivity index (χ0) is 13.3. The summed E-state index contributed by atoms with van der Waals surface area (Å²) in [5, 5.41) is 3.98. The van der Waals surface area contributed by atoms with E-state index in [-0.39, 0.29) is 16.8 Å². The van der Waals surface area contributed by atoms with Crippen LogP contribution in [0.3, 0.4) is 0 Å². The summed E-state index contributed by atoms with van der Waals surface area (Å²) in [6, 6.07) is 4.79. The molecule has 0 saturated carbocycles. The fourth-order valence-electron chi connectivity index (χ4n) is 1.81. The van der Waals surface area contributed by atoms with Crippen LogP contribution in [0.25, 0.3) is 11.1 Å². The van der Waals surface area contributed by atoms with Crippen LogP contribution < -0.4 is 5.73 Å². The first-order valence-electron chi connectivity index (χ1n) is 5.75. The molecule has 1 atom stereocenters. The Labute approximate surface area is 110 Å². The first kappa shape index (κ1) is 12.9. The summed E-state index contributed by atoms with van der Waals surface area (Å²) in [4.78, 5) is 0. The standard InChI is InChI=1S/C13H14ClFN2O/c1-3-7(2)12-10(13(16)18-17-12)8-5-4-6-9(14)11(8)15/h4-7H,3,16H2,1-2H3. The van der Waals surface area contributed by atoms with Crippen LogP contribution in [0.4, 0.5) is 10.3 Å². The van der Waals surface area contributed by atoms with Gasteiger partial charge in [-0.2, -0.15) is 0 Å². The minimum absolute atomic E-state index is 0.0585. The van der Waals surface area contributed by atoms with Crippen LogP contribution in [0.1, 0.15) is 31.9 Å². The molecule has 2 rings (SSSR count). The zero-order valence-corrected chi connectivity index (χ0v) is 11.0. The van der Waals surface area contributed by atoms with Crippen molar-refractivity contribution in [3.63, 3.8) is 0 Å². The Morgan fingerprint density at radius 2 is 2.22 bits per heavy atom. The maximum Gasteiger partial charge on any atom is 0.230 e. The molecule has 1 aromatic carbocycles. The van der Waals surface area contributed by atoms with E-state index in [0.717, 1.165) is 6.42 Å². The quantitative estimate of drug-likeness (QED) is 0.906. The first-order chi connectivity index (χ1) is 8.56. The normalized spacial score (nSPS) is 12.7. The number of nitrogens with two attached hydrogens (primary N) is 1. The molecule has 0 aliphatic carbocycles. The molecule has 0 saturated heterocycles. The lowest BCUT2D eigenvalue weighted by atomic mass is 9.96. The molecule has 0 radical (unpaired) electrons. The van der Waals surface area contributed by atoms with E-state index >= 15 is 0 Å². The van der Waals surface area contributed by atoms with E-state index in [0.29, 0.717) is 16.8 Å². The van der Waals surface area contributed by atoms with Crippen molar-refractivity contribution in [3.8, 4) is 11.1 Å². The van der Waals surface area contributed by atoms with Gasteiger partial charge in [0.15, 0.2) is 0 Å². The van der Waals surface area contributed by atoms with Gasteiger partial charge in [0.1, 0.15) is 5.82 Å². The van der Waals surface area contributed by atoms with Gasteiger partial charge in [0.2, 0.25) is 5.88 Å². The van der Waals surface area contributed by atoms with Crippen LogP contribution in [0.2, 0.25) is 5.02 Å². The van der Waals surface area contributed by atoms with Crippen LogP contribution in [-0.2, 0) is 0 Å². The van der Waals surface area contributed by atoms with E-state index in [1.165, 1.54) is 6.07 Å². The molecule has 2 aromatic rings. The molecule has 0 aliphatic heterocycles. The molecule has 0 spiro atoms. The number of aromatic nitrogens is 1. The van der Waals surface area contributed by atoms with Crippen molar-refractivity contribution in [2.75, 3.05) is 5.73 Å². The molecule has 1 heterocycles. The molecule has 2 N–H and O–H groups in total. The van der Waals surface area contributed by atoms with Crippen molar-refractivity contribution in [2.45, 2.75) is 26.2 Å². The summed E-state index contributed by atoms with van der Waals surface area (Å²) in [6.45, 7) is 4.01. The molecular weight excluding hydrogens is 255 g/mol. The molecule has 0 bridgehead atoms. The Morgan fingerprint density at radius 3 is 2.89 bits per heavy atom. The topological polar surface area (TPSA) is 52.0 Å². The summed E-state index contributed by atoms with van der Waals surface area (Å²) < 4.78 is 19.0. The van der Waals surface area contributed by atoms with Crippen molar-refractivity contribution >= 4 is 17.5 Å². The Hall–Kier alpha value is -1.55. The highest BCUT2D eigenvalue weighted by atomic mass is 35.5. The summed E-state index contributed by atoms with van der Waals surface area (Å²) in [5.41, 5.74) is 7.24. The second-order valence-electron chi connectivity index (χ2n) is 4.22. The van der Waals surface area contributed by atoms with E-state index in [9.17, 15) is 4.39 Å². The van der Waals surface area contributed by atoms with Crippen LogP contribution in [0.15, 0.2) is 22.7 Å². The van der Waals surface area contributed by atoms with E-state index in [1.54, 1.807) is 12.1 Å². The van der Waals surface area contributed by atoms with Gasteiger partial charge in [-0.05, 0) is 12.5 Å². The highest BCUT2D eigenvalue weighted by Gasteiger charge is 2.22. The van der Waals surface area contributed by atoms with Gasteiger partial charge in [-0.15, -0.1) is 0 Å². The molecule has 0 amide bonds. The maximum atomic E-state index is 14.0. The van der Waals surface area contributed by atoms with Gasteiger partial charge >= 0.3 is 0 Å². The Kier molecular flexibility index (Phi) is 3.57. The number of anilines is 1. The lowest BCUT2D eigenvalue weighted by Gasteiger charge is -2.09. The third-order valence-electron chi connectivity index (χ3n) is 3.04. The predicted molar refractivity (Wildman–Crippen MR) is 70.0 cm³/mol. The van der Waals surface area contributed by atoms with Gasteiger partial charge in [0.25, 0.3) is 0 Å². The highest BCUT2D eigenvalue weighted by Crippen LogP contribution is 2.37. The second kappa shape index (κ2) is 4.98. The number of halogens is 2. The minimum atomic E-state index is -0.501. The van der Waals surface area contributed by atoms with Crippen LogP contribution >= 0.6 is 11.6 Å². The summed E-state index contributed by atoms with van der Waals surface area (Å²) in [7, 11) is 0. The fraction of sp³-hybridized carbons (Fsp3) is 0.308. The lowest BCUT2D eigenvalue weighted by Crippen LogP contribution is -1.97. The number of hydrogen-bond donors (Lipinski definition) is 1. The zero-order valence-electron chi connectivity index (χ0n) is 10.2. The first-order valence-corrected chi connectivity index (χ1v) is 6.13. The van der Waals surface area contributed by atoms with E-state index in [2.05, 4.69) is 5.16 Å². The minimum Gasteiger partial charge on any atom is -0.367 e. The van der Waals surface area contributed by atoms with Crippen molar-refractivity contribution in [3.05, 3.63) is 34.7 Å². The van der Waals surface area contributed by atoms with Crippen molar-refractivity contribution in [1.82, 2.24) is 5.16 Å². The number of hydrogen-bond acceptors (Lipinski definition) is 3. The van der Waals surface area contributed by atoms with Gasteiger partial charge in [0.05, 0.1) is 16.3 Å². The molecule has 0 aliphatic rings. The van der Waals surface area contributed by atoms with Gasteiger partial charge in [0, 0.05) is 11.5 Å². The van der Waals surface area contributed by atoms with Gasteiger partial charge < -0.3 is 10.3 Å². The van der Waals surface area contributed by atoms with E-state index < -0.39 is 5.82 Å². The highest BCUT2D eigenvalue weighted by molar-refractivity contribution is 6.31. The SMILES string of the molecule is CCC(C)c1noc(N)c1-c1cccc(Cl)c1F. The number of nitrogen functional groups attached to an aromatic ring is 1. The molecule has 1 aromatic heterocycles. The van der Waals surface area contributed by atoms with Crippen LogP contribution in [-0.4, -0.2) is 5.16 Å². The van der Waals surface area contributed by atoms with Crippen molar-refractivity contribution in [1.29, 1.82) is 0 Å². The van der Waals surface area contributed by atoms with Gasteiger partial charge in [-0.1, -0.05) is 42.7 Å². The van der Waals surface area contributed by atoms with Crippen LogP contribution in [0, 0.1) is 5.82 Å². The Bertz CT molecular complexity index is 568. The summed E-state index contributed by atoms with van der Waals surface area (Å²) in [5.74, 6) is -0.246. The largest absolute Gasteiger partial charge is 0.367 e. The second-order valence-corrected chi connectivity index (χ2v) is 4.62. The predicted octanol–water partition coefficient (Wildman–Crippen LogP) is 4.23. The number of rotatable bonds is 3. The smallest absolute Gasteiger partial charge is 0.230 e. The number of nitrogens with zero attached hydrogens (tertiary/aromatic N) is 1. The Morgan fingerprint density at radius 1 is 1.50 bits per heavy atom. The molecule has 96 valence electrons. The summed E-state index contributed by atoms with van der Waals surface area (Å²) in [6.07, 6.45) is 0.862. The van der Waals surface area contributed by atoms with Crippen molar-refractivity contribution in [2.24, 2.45) is 0 Å². The number of benzene rings is 1. The third-order valence-corrected chi connectivity index (χ3v) is 3.34. The molecule has 18 heavy (non-hydrogen) atoms. The molecular formula is C13H14ClFN2O. The average molecular weight is 269 g/mol. The van der Waals surface area contributed by atoms with Crippen molar-refractivity contribution < 1.29 is 8.91 Å². The third kappa shape index (κ3) is 2.08. The monoisotopic (exact) mass is 268 g/mol. The van der Waals surface area contributed by atoms with Gasteiger partial charge in [-0.3, -0.25) is 0 Å². The van der Waals surface area contributed by atoms with Crippen LogP contribution in [0.5, 0.6) is 0 Å². The molecule has 0 fully saturated rings. The Balaban J connectivity index is 2.63. The fourth-order valence-corrected chi connectivity index (χ4v) is 1.99. The molecule has 3 nitrogen and oxygen atoms in total. The average Bonchev–Trinajstić information content (AvgIpc) is 2.74.